The van der Waals surface area contributed by atoms with Crippen molar-refractivity contribution in [2.45, 2.75) is 32.4 Å². The molecule has 2 aromatic rings. The third kappa shape index (κ3) is 5.53. The zero-order valence-electron chi connectivity index (χ0n) is 14.4. The molecule has 1 saturated heterocycles. The van der Waals surface area contributed by atoms with E-state index in [1.807, 2.05) is 36.4 Å². The smallest absolute Gasteiger partial charge is 0.246 e. The van der Waals surface area contributed by atoms with Crippen molar-refractivity contribution in [3.63, 3.8) is 0 Å². The Morgan fingerprint density at radius 1 is 1.12 bits per heavy atom. The lowest BCUT2D eigenvalue weighted by Gasteiger charge is -2.27. The minimum atomic E-state index is -0.164. The molecule has 0 bridgehead atoms. The van der Waals surface area contributed by atoms with Crippen LogP contribution in [-0.4, -0.2) is 35.6 Å². The van der Waals surface area contributed by atoms with E-state index < -0.39 is 0 Å². The van der Waals surface area contributed by atoms with Gasteiger partial charge in [-0.25, -0.2) is 9.97 Å². The van der Waals surface area contributed by atoms with E-state index in [2.05, 4.69) is 20.2 Å². The summed E-state index contributed by atoms with van der Waals surface area (Å²) < 4.78 is 5.43. The zero-order chi connectivity index (χ0) is 17.3. The summed E-state index contributed by atoms with van der Waals surface area (Å²) in [6, 6.07) is 11.7. The quantitative estimate of drug-likeness (QED) is 0.838. The van der Waals surface area contributed by atoms with Gasteiger partial charge in [-0.1, -0.05) is 30.3 Å². The number of rotatable bonds is 7. The number of aromatic nitrogens is 2. The summed E-state index contributed by atoms with van der Waals surface area (Å²) in [5.41, 5.74) is 1.05. The van der Waals surface area contributed by atoms with Crippen LogP contribution in [0.4, 0.5) is 5.82 Å². The van der Waals surface area contributed by atoms with Gasteiger partial charge in [0.2, 0.25) is 5.91 Å². The Hall–Kier alpha value is -2.47. The van der Waals surface area contributed by atoms with E-state index in [0.29, 0.717) is 19.0 Å². The molecule has 1 aromatic carbocycles. The van der Waals surface area contributed by atoms with E-state index in [1.54, 1.807) is 6.20 Å². The van der Waals surface area contributed by atoms with Crippen LogP contribution >= 0.6 is 0 Å². The standard InChI is InChI=1S/C19H24N4O2/c24-19(15-25-14-16-7-3-1-4-8-16)21-13-17-20-10-9-18(22-17)23-11-5-2-6-12-23/h1,3-4,7-10H,2,5-6,11-15H2,(H,21,24). The second kappa shape index (κ2) is 9.13. The third-order valence-electron chi connectivity index (χ3n) is 4.16. The number of hydrogen-bond acceptors (Lipinski definition) is 5. The van der Waals surface area contributed by atoms with Crippen molar-refractivity contribution in [1.82, 2.24) is 15.3 Å². The molecule has 25 heavy (non-hydrogen) atoms. The lowest BCUT2D eigenvalue weighted by Crippen LogP contribution is -2.31. The molecule has 3 rings (SSSR count). The van der Waals surface area contributed by atoms with Gasteiger partial charge in [0, 0.05) is 19.3 Å². The van der Waals surface area contributed by atoms with Gasteiger partial charge >= 0.3 is 0 Å². The maximum Gasteiger partial charge on any atom is 0.246 e. The van der Waals surface area contributed by atoms with Crippen LogP contribution in [0.15, 0.2) is 42.6 Å². The van der Waals surface area contributed by atoms with E-state index in [4.69, 9.17) is 4.74 Å². The molecule has 0 spiro atoms. The van der Waals surface area contributed by atoms with Crippen LogP contribution in [-0.2, 0) is 22.7 Å². The molecule has 0 atom stereocenters. The summed E-state index contributed by atoms with van der Waals surface area (Å²) in [4.78, 5) is 23.0. The summed E-state index contributed by atoms with van der Waals surface area (Å²) in [5.74, 6) is 1.40. The highest BCUT2D eigenvalue weighted by Gasteiger charge is 2.13. The third-order valence-corrected chi connectivity index (χ3v) is 4.16. The fourth-order valence-electron chi connectivity index (χ4n) is 2.84. The Balaban J connectivity index is 1.42. The molecular formula is C19H24N4O2. The van der Waals surface area contributed by atoms with Crippen molar-refractivity contribution < 1.29 is 9.53 Å². The number of nitrogens with one attached hydrogen (secondary N) is 1. The van der Waals surface area contributed by atoms with Crippen LogP contribution in [0.5, 0.6) is 0 Å². The Morgan fingerprint density at radius 3 is 2.72 bits per heavy atom. The predicted molar refractivity (Wildman–Crippen MR) is 96.0 cm³/mol. The van der Waals surface area contributed by atoms with Gasteiger partial charge in [0.1, 0.15) is 18.2 Å². The second-order valence-electron chi connectivity index (χ2n) is 6.13. The first-order valence-corrected chi connectivity index (χ1v) is 8.76. The van der Waals surface area contributed by atoms with Gasteiger partial charge in [0.15, 0.2) is 0 Å². The summed E-state index contributed by atoms with van der Waals surface area (Å²) in [7, 11) is 0. The Kier molecular flexibility index (Phi) is 6.34. The topological polar surface area (TPSA) is 67.3 Å². The first kappa shape index (κ1) is 17.4. The molecule has 1 N–H and O–H groups in total. The van der Waals surface area contributed by atoms with Crippen molar-refractivity contribution in [3.05, 3.63) is 54.0 Å². The Labute approximate surface area is 148 Å². The molecule has 132 valence electrons. The number of benzene rings is 1. The highest BCUT2D eigenvalue weighted by atomic mass is 16.5. The number of piperidine rings is 1. The minimum Gasteiger partial charge on any atom is -0.367 e. The van der Waals surface area contributed by atoms with E-state index >= 15 is 0 Å². The molecular weight excluding hydrogens is 316 g/mol. The van der Waals surface area contributed by atoms with Crippen LogP contribution in [0, 0.1) is 0 Å². The normalized spacial score (nSPS) is 14.3. The van der Waals surface area contributed by atoms with Gasteiger partial charge in [0.25, 0.3) is 0 Å². The fourth-order valence-corrected chi connectivity index (χ4v) is 2.84. The molecule has 0 aliphatic carbocycles. The second-order valence-corrected chi connectivity index (χ2v) is 6.13. The monoisotopic (exact) mass is 340 g/mol. The number of amides is 1. The Morgan fingerprint density at radius 2 is 1.92 bits per heavy atom. The zero-order valence-corrected chi connectivity index (χ0v) is 14.4. The largest absolute Gasteiger partial charge is 0.367 e. The molecule has 0 radical (unpaired) electrons. The van der Waals surface area contributed by atoms with Crippen molar-refractivity contribution in [1.29, 1.82) is 0 Å². The van der Waals surface area contributed by atoms with Crippen LogP contribution in [0.1, 0.15) is 30.7 Å². The highest BCUT2D eigenvalue weighted by molar-refractivity contribution is 5.77. The fraction of sp³-hybridized carbons (Fsp3) is 0.421. The van der Waals surface area contributed by atoms with E-state index in [0.717, 1.165) is 24.5 Å². The van der Waals surface area contributed by atoms with Gasteiger partial charge in [-0.05, 0) is 30.9 Å². The first-order chi connectivity index (χ1) is 12.3. The SMILES string of the molecule is O=C(COCc1ccccc1)NCc1nccc(N2CCCCC2)n1. The average Bonchev–Trinajstić information content (AvgIpc) is 2.68. The highest BCUT2D eigenvalue weighted by Crippen LogP contribution is 2.16. The molecule has 1 aliphatic heterocycles. The van der Waals surface area contributed by atoms with E-state index in [9.17, 15) is 4.79 Å². The van der Waals surface area contributed by atoms with Crippen LogP contribution < -0.4 is 10.2 Å². The molecule has 1 aromatic heterocycles. The molecule has 1 fully saturated rings. The minimum absolute atomic E-state index is 0.0285. The molecule has 2 heterocycles. The lowest BCUT2D eigenvalue weighted by atomic mass is 10.1. The first-order valence-electron chi connectivity index (χ1n) is 8.76. The van der Waals surface area contributed by atoms with Gasteiger partial charge in [-0.3, -0.25) is 4.79 Å². The number of anilines is 1. The van der Waals surface area contributed by atoms with Gasteiger partial charge in [-0.2, -0.15) is 0 Å². The van der Waals surface area contributed by atoms with E-state index in [-0.39, 0.29) is 12.5 Å². The predicted octanol–water partition coefficient (Wildman–Crippen LogP) is 2.30. The molecule has 6 heteroatoms. The summed E-state index contributed by atoms with van der Waals surface area (Å²) in [5, 5.41) is 2.81. The van der Waals surface area contributed by atoms with Gasteiger partial charge in [-0.15, -0.1) is 0 Å². The number of carbonyl (C=O) groups is 1. The van der Waals surface area contributed by atoms with Crippen LogP contribution in [0.25, 0.3) is 0 Å². The number of carbonyl (C=O) groups excluding carboxylic acids is 1. The number of nitrogens with zero attached hydrogens (tertiary/aromatic N) is 3. The number of hydrogen-bond donors (Lipinski definition) is 1. The van der Waals surface area contributed by atoms with E-state index in [1.165, 1.54) is 19.3 Å². The lowest BCUT2D eigenvalue weighted by molar-refractivity contribution is -0.126. The van der Waals surface area contributed by atoms with Crippen molar-refractivity contribution in [2.24, 2.45) is 0 Å². The van der Waals surface area contributed by atoms with Crippen LogP contribution in [0.3, 0.4) is 0 Å². The average molecular weight is 340 g/mol. The van der Waals surface area contributed by atoms with Crippen molar-refractivity contribution in [3.8, 4) is 0 Å². The molecule has 0 saturated carbocycles. The van der Waals surface area contributed by atoms with Gasteiger partial charge < -0.3 is 15.0 Å². The molecule has 1 amide bonds. The molecule has 1 aliphatic rings. The van der Waals surface area contributed by atoms with Crippen molar-refractivity contribution in [2.75, 3.05) is 24.6 Å². The summed E-state index contributed by atoms with van der Waals surface area (Å²) in [6.07, 6.45) is 5.45. The van der Waals surface area contributed by atoms with Crippen molar-refractivity contribution >= 4 is 11.7 Å². The summed E-state index contributed by atoms with van der Waals surface area (Å²) in [6.45, 7) is 2.84. The summed E-state index contributed by atoms with van der Waals surface area (Å²) >= 11 is 0. The number of ether oxygens (including phenoxy) is 1. The van der Waals surface area contributed by atoms with Gasteiger partial charge in [0.05, 0.1) is 13.2 Å². The molecule has 6 nitrogen and oxygen atoms in total. The van der Waals surface area contributed by atoms with Crippen LogP contribution in [0.2, 0.25) is 0 Å². The maximum atomic E-state index is 11.9. The maximum absolute atomic E-state index is 11.9. The molecule has 0 unspecified atom stereocenters. The Bertz CT molecular complexity index is 672.